The van der Waals surface area contributed by atoms with Crippen molar-refractivity contribution in [2.24, 2.45) is 5.92 Å². The normalized spacial score (nSPS) is 21.5. The average molecular weight is 380 g/mol. The second-order valence-corrected chi connectivity index (χ2v) is 7.98. The van der Waals surface area contributed by atoms with Gasteiger partial charge in [0.25, 0.3) is 0 Å². The van der Waals surface area contributed by atoms with E-state index in [0.29, 0.717) is 25.0 Å². The van der Waals surface area contributed by atoms with Crippen LogP contribution in [-0.4, -0.2) is 24.6 Å². The molecule has 28 heavy (non-hydrogen) atoms. The van der Waals surface area contributed by atoms with E-state index >= 15 is 0 Å². The molecule has 2 aromatic carbocycles. The summed E-state index contributed by atoms with van der Waals surface area (Å²) < 4.78 is 11.5. The van der Waals surface area contributed by atoms with Crippen LogP contribution in [0.25, 0.3) is 0 Å². The van der Waals surface area contributed by atoms with Crippen LogP contribution in [-0.2, 0) is 19.7 Å². The summed E-state index contributed by atoms with van der Waals surface area (Å²) in [6.07, 6.45) is 1.52. The maximum atomic E-state index is 13.2. The average Bonchev–Trinajstić information content (AvgIpc) is 3.11. The van der Waals surface area contributed by atoms with Crippen molar-refractivity contribution in [2.75, 3.05) is 6.61 Å². The number of carbonyl (C=O) groups is 2. The van der Waals surface area contributed by atoms with Crippen LogP contribution in [0, 0.1) is 12.8 Å². The summed E-state index contributed by atoms with van der Waals surface area (Å²) in [4.78, 5) is 26.0. The Hall–Kier alpha value is -2.62. The molecular formula is C24H28O4. The lowest BCUT2D eigenvalue weighted by atomic mass is 9.77. The summed E-state index contributed by atoms with van der Waals surface area (Å²) in [5, 5.41) is 0. The Morgan fingerprint density at radius 1 is 1.07 bits per heavy atom. The van der Waals surface area contributed by atoms with Crippen molar-refractivity contribution in [3.8, 4) is 0 Å². The lowest BCUT2D eigenvalue weighted by Gasteiger charge is -2.33. The number of esters is 2. The Morgan fingerprint density at radius 2 is 1.75 bits per heavy atom. The van der Waals surface area contributed by atoms with E-state index in [1.165, 1.54) is 0 Å². The first-order valence-corrected chi connectivity index (χ1v) is 9.94. The first-order valence-electron chi connectivity index (χ1n) is 9.94. The van der Waals surface area contributed by atoms with E-state index in [1.807, 2.05) is 63.2 Å². The molecule has 3 rings (SSSR count). The molecule has 0 saturated heterocycles. The van der Waals surface area contributed by atoms with E-state index in [9.17, 15) is 9.59 Å². The number of rotatable bonds is 6. The Labute approximate surface area is 166 Å². The number of carbonyl (C=O) groups excluding carboxylic acids is 2. The second kappa shape index (κ2) is 8.59. The van der Waals surface area contributed by atoms with Gasteiger partial charge in [0.15, 0.2) is 0 Å². The van der Waals surface area contributed by atoms with E-state index < -0.39 is 17.5 Å². The van der Waals surface area contributed by atoms with Crippen molar-refractivity contribution >= 4 is 11.9 Å². The van der Waals surface area contributed by atoms with Gasteiger partial charge >= 0.3 is 11.9 Å². The molecule has 0 radical (unpaired) electrons. The standard InChI is InChI=1S/C24H28O4/c1-17(2)16-27-23(26)24(20-8-5-4-6-9-20)15-7-10-21(24)28-22(25)19-13-11-18(3)12-14-19/h4-6,8-9,11-14,17,21H,7,10,15-16H2,1-3H3. The second-order valence-electron chi connectivity index (χ2n) is 7.98. The maximum Gasteiger partial charge on any atom is 0.338 e. The molecule has 0 bridgehead atoms. The van der Waals surface area contributed by atoms with Gasteiger partial charge in [0.2, 0.25) is 0 Å². The third-order valence-corrected chi connectivity index (χ3v) is 5.32. The maximum absolute atomic E-state index is 13.2. The lowest BCUT2D eigenvalue weighted by Crippen LogP contribution is -2.46. The van der Waals surface area contributed by atoms with Gasteiger partial charge in [-0.25, -0.2) is 4.79 Å². The van der Waals surface area contributed by atoms with E-state index in [0.717, 1.165) is 17.5 Å². The monoisotopic (exact) mass is 380 g/mol. The van der Waals surface area contributed by atoms with Crippen LogP contribution in [0.4, 0.5) is 0 Å². The summed E-state index contributed by atoms with van der Waals surface area (Å²) in [6.45, 7) is 6.33. The lowest BCUT2D eigenvalue weighted by molar-refractivity contribution is -0.155. The summed E-state index contributed by atoms with van der Waals surface area (Å²) in [5.41, 5.74) is 1.47. The quantitative estimate of drug-likeness (QED) is 0.673. The molecule has 2 atom stereocenters. The Balaban J connectivity index is 1.90. The first-order chi connectivity index (χ1) is 13.4. The molecule has 2 aromatic rings. The zero-order chi connectivity index (χ0) is 20.1. The van der Waals surface area contributed by atoms with Crippen LogP contribution in [0.5, 0.6) is 0 Å². The van der Waals surface area contributed by atoms with Gasteiger partial charge in [-0.3, -0.25) is 4.79 Å². The highest BCUT2D eigenvalue weighted by Gasteiger charge is 2.54. The van der Waals surface area contributed by atoms with Crippen LogP contribution < -0.4 is 0 Å². The number of aryl methyl sites for hydroxylation is 1. The van der Waals surface area contributed by atoms with Gasteiger partial charge in [-0.05, 0) is 49.8 Å². The summed E-state index contributed by atoms with van der Waals surface area (Å²) >= 11 is 0. The Bertz CT molecular complexity index is 810. The molecule has 1 aliphatic carbocycles. The van der Waals surface area contributed by atoms with Gasteiger partial charge in [-0.1, -0.05) is 61.9 Å². The summed E-state index contributed by atoms with van der Waals surface area (Å²) in [7, 11) is 0. The molecule has 0 amide bonds. The number of hydrogen-bond acceptors (Lipinski definition) is 4. The van der Waals surface area contributed by atoms with Crippen molar-refractivity contribution in [1.82, 2.24) is 0 Å². The Kier molecular flexibility index (Phi) is 6.18. The minimum Gasteiger partial charge on any atom is -0.465 e. The number of ether oxygens (including phenoxy) is 2. The van der Waals surface area contributed by atoms with E-state index in [2.05, 4.69) is 0 Å². The Morgan fingerprint density at radius 3 is 2.39 bits per heavy atom. The predicted molar refractivity (Wildman–Crippen MR) is 108 cm³/mol. The molecular weight excluding hydrogens is 352 g/mol. The van der Waals surface area contributed by atoms with E-state index in [1.54, 1.807) is 12.1 Å². The minimum absolute atomic E-state index is 0.242. The molecule has 2 unspecified atom stereocenters. The largest absolute Gasteiger partial charge is 0.465 e. The third kappa shape index (κ3) is 4.11. The van der Waals surface area contributed by atoms with Gasteiger partial charge in [0.05, 0.1) is 12.2 Å². The molecule has 1 saturated carbocycles. The van der Waals surface area contributed by atoms with Gasteiger partial charge in [0.1, 0.15) is 11.5 Å². The van der Waals surface area contributed by atoms with Crippen LogP contribution in [0.15, 0.2) is 54.6 Å². The fraction of sp³-hybridized carbons (Fsp3) is 0.417. The zero-order valence-corrected chi connectivity index (χ0v) is 16.8. The molecule has 0 heterocycles. The summed E-state index contributed by atoms with van der Waals surface area (Å²) in [5.74, 6) is -0.456. The smallest absolute Gasteiger partial charge is 0.338 e. The molecule has 1 fully saturated rings. The van der Waals surface area contributed by atoms with Gasteiger partial charge < -0.3 is 9.47 Å². The van der Waals surface area contributed by atoms with Crippen molar-refractivity contribution < 1.29 is 19.1 Å². The van der Waals surface area contributed by atoms with Crippen molar-refractivity contribution in [1.29, 1.82) is 0 Å². The highest BCUT2D eigenvalue weighted by Crippen LogP contribution is 2.44. The van der Waals surface area contributed by atoms with Gasteiger partial charge in [0, 0.05) is 0 Å². The SMILES string of the molecule is Cc1ccc(C(=O)OC2CCCC2(C(=O)OCC(C)C)c2ccccc2)cc1. The molecule has 148 valence electrons. The minimum atomic E-state index is -0.948. The molecule has 0 spiro atoms. The van der Waals surface area contributed by atoms with Crippen LogP contribution in [0.2, 0.25) is 0 Å². The summed E-state index contributed by atoms with van der Waals surface area (Å²) in [6, 6.07) is 16.9. The zero-order valence-electron chi connectivity index (χ0n) is 16.8. The highest BCUT2D eigenvalue weighted by molar-refractivity contribution is 5.91. The fourth-order valence-electron chi connectivity index (χ4n) is 3.81. The molecule has 0 aliphatic heterocycles. The topological polar surface area (TPSA) is 52.6 Å². The molecule has 4 heteroatoms. The van der Waals surface area contributed by atoms with Crippen molar-refractivity contribution in [2.45, 2.75) is 51.6 Å². The molecule has 0 aromatic heterocycles. The molecule has 1 aliphatic rings. The van der Waals surface area contributed by atoms with Gasteiger partial charge in [-0.15, -0.1) is 0 Å². The number of benzene rings is 2. The molecule has 4 nitrogen and oxygen atoms in total. The van der Waals surface area contributed by atoms with E-state index in [-0.39, 0.29) is 11.9 Å². The van der Waals surface area contributed by atoms with Crippen molar-refractivity contribution in [3.05, 3.63) is 71.3 Å². The predicted octanol–water partition coefficient (Wildman–Crippen LogP) is 4.84. The third-order valence-electron chi connectivity index (χ3n) is 5.32. The fourth-order valence-corrected chi connectivity index (χ4v) is 3.81. The van der Waals surface area contributed by atoms with Crippen molar-refractivity contribution in [3.63, 3.8) is 0 Å². The first kappa shape index (κ1) is 20.1. The van der Waals surface area contributed by atoms with Gasteiger partial charge in [-0.2, -0.15) is 0 Å². The van der Waals surface area contributed by atoms with E-state index in [4.69, 9.17) is 9.47 Å². The number of hydrogen-bond donors (Lipinski definition) is 0. The highest BCUT2D eigenvalue weighted by atomic mass is 16.6. The van der Waals surface area contributed by atoms with Crippen LogP contribution in [0.1, 0.15) is 54.6 Å². The van der Waals surface area contributed by atoms with Crippen LogP contribution >= 0.6 is 0 Å². The van der Waals surface area contributed by atoms with Crippen LogP contribution in [0.3, 0.4) is 0 Å². The molecule has 0 N–H and O–H groups in total.